The molecule has 102 valence electrons. The van der Waals surface area contributed by atoms with Crippen molar-refractivity contribution in [3.05, 3.63) is 18.2 Å². The lowest BCUT2D eigenvalue weighted by Crippen LogP contribution is -2.49. The van der Waals surface area contributed by atoms with Crippen LogP contribution in [0.5, 0.6) is 11.5 Å². The lowest BCUT2D eigenvalue weighted by molar-refractivity contribution is 0.404. The first kappa shape index (κ1) is 13.0. The van der Waals surface area contributed by atoms with Crippen LogP contribution in [0, 0.1) is 0 Å². The molecule has 0 radical (unpaired) electrons. The molecule has 1 aliphatic heterocycles. The zero-order chi connectivity index (χ0) is 14.0. The van der Waals surface area contributed by atoms with Crippen LogP contribution in [0.25, 0.3) is 0 Å². The van der Waals surface area contributed by atoms with Crippen molar-refractivity contribution in [3.63, 3.8) is 0 Å². The Bertz CT molecular complexity index is 541. The highest BCUT2D eigenvalue weighted by Crippen LogP contribution is 2.29. The summed E-state index contributed by atoms with van der Waals surface area (Å²) in [6.07, 6.45) is -0.188. The predicted octanol–water partition coefficient (Wildman–Crippen LogP) is 0.415. The first-order valence-electron chi connectivity index (χ1n) is 5.87. The molecule has 7 nitrogen and oxygen atoms in total. The van der Waals surface area contributed by atoms with Gasteiger partial charge in [-0.05, 0) is 19.1 Å². The number of phenols is 2. The van der Waals surface area contributed by atoms with Gasteiger partial charge in [-0.15, -0.1) is 0 Å². The highest BCUT2D eigenvalue weighted by molar-refractivity contribution is 6.07. The van der Waals surface area contributed by atoms with Gasteiger partial charge in [-0.3, -0.25) is 5.32 Å². The minimum absolute atomic E-state index is 0.151. The van der Waals surface area contributed by atoms with Crippen LogP contribution in [-0.4, -0.2) is 42.4 Å². The second-order valence-corrected chi connectivity index (χ2v) is 4.17. The van der Waals surface area contributed by atoms with Crippen LogP contribution in [0.4, 0.5) is 5.69 Å². The number of anilines is 1. The second-order valence-electron chi connectivity index (χ2n) is 4.17. The van der Waals surface area contributed by atoms with E-state index < -0.39 is 0 Å². The molecule has 7 heteroatoms. The molecule has 0 saturated heterocycles. The number of guanidine groups is 2. The van der Waals surface area contributed by atoms with Gasteiger partial charge in [-0.2, -0.15) is 0 Å². The van der Waals surface area contributed by atoms with Crippen LogP contribution in [0.1, 0.15) is 6.92 Å². The Morgan fingerprint density at radius 1 is 1.26 bits per heavy atom. The summed E-state index contributed by atoms with van der Waals surface area (Å²) in [4.78, 5) is 10.4. The van der Waals surface area contributed by atoms with Gasteiger partial charge in [0, 0.05) is 25.8 Å². The van der Waals surface area contributed by atoms with Gasteiger partial charge >= 0.3 is 0 Å². The topological polar surface area (TPSA) is 92.5 Å². The maximum absolute atomic E-state index is 9.52. The van der Waals surface area contributed by atoms with E-state index in [9.17, 15) is 10.2 Å². The fraction of sp³-hybridized carbons (Fsp3) is 0.333. The summed E-state index contributed by atoms with van der Waals surface area (Å²) in [6.45, 7) is 1.88. The van der Waals surface area contributed by atoms with Crippen molar-refractivity contribution in [2.75, 3.05) is 19.0 Å². The molecule has 4 N–H and O–H groups in total. The monoisotopic (exact) mass is 263 g/mol. The summed E-state index contributed by atoms with van der Waals surface area (Å²) < 4.78 is 0. The Labute approximate surface area is 111 Å². The number of rotatable bonds is 1. The lowest BCUT2D eigenvalue weighted by atomic mass is 10.2. The number of hydrogen-bond donors (Lipinski definition) is 4. The van der Waals surface area contributed by atoms with Crippen LogP contribution in [0.3, 0.4) is 0 Å². The highest BCUT2D eigenvalue weighted by atomic mass is 16.3. The van der Waals surface area contributed by atoms with Crippen LogP contribution >= 0.6 is 0 Å². The molecule has 0 spiro atoms. The third kappa shape index (κ3) is 2.70. The molecule has 0 bridgehead atoms. The summed E-state index contributed by atoms with van der Waals surface area (Å²) in [5.74, 6) is 0.919. The first-order chi connectivity index (χ1) is 9.01. The number of hydrogen-bond acceptors (Lipinski definition) is 7. The Balaban J connectivity index is 2.24. The number of benzene rings is 1. The van der Waals surface area contributed by atoms with Crippen molar-refractivity contribution < 1.29 is 10.2 Å². The fourth-order valence-electron chi connectivity index (χ4n) is 1.70. The molecule has 0 aliphatic carbocycles. The molecular weight excluding hydrogens is 246 g/mol. The summed E-state index contributed by atoms with van der Waals surface area (Å²) in [5.41, 5.74) is 0.700. The van der Waals surface area contributed by atoms with E-state index in [1.165, 1.54) is 12.1 Å². The molecule has 0 amide bonds. The molecule has 19 heavy (non-hydrogen) atoms. The van der Waals surface area contributed by atoms with Crippen LogP contribution in [-0.2, 0) is 0 Å². The molecule has 1 atom stereocenters. The van der Waals surface area contributed by atoms with E-state index in [-0.39, 0.29) is 17.7 Å². The Kier molecular flexibility index (Phi) is 3.46. The van der Waals surface area contributed by atoms with Gasteiger partial charge in [0.15, 0.2) is 17.5 Å². The van der Waals surface area contributed by atoms with Crippen LogP contribution < -0.4 is 15.5 Å². The van der Waals surface area contributed by atoms with Crippen LogP contribution in [0.15, 0.2) is 28.2 Å². The smallest absolute Gasteiger partial charge is 0.207 e. The molecule has 1 unspecified atom stereocenters. The highest BCUT2D eigenvalue weighted by Gasteiger charge is 2.17. The van der Waals surface area contributed by atoms with Gasteiger partial charge in [-0.25, -0.2) is 9.98 Å². The van der Waals surface area contributed by atoms with Crippen molar-refractivity contribution >= 4 is 17.6 Å². The van der Waals surface area contributed by atoms with Gasteiger partial charge in [0.2, 0.25) is 5.96 Å². The first-order valence-corrected chi connectivity index (χ1v) is 5.87. The molecule has 0 aromatic heterocycles. The zero-order valence-corrected chi connectivity index (χ0v) is 11.0. The van der Waals surface area contributed by atoms with E-state index in [1.807, 2.05) is 14.0 Å². The molecule has 0 saturated carbocycles. The molecule has 0 fully saturated rings. The number of aliphatic imine (C=N–C) groups is 2. The maximum atomic E-state index is 9.52. The molecular formula is C12H17N5O2. The summed E-state index contributed by atoms with van der Waals surface area (Å²) in [6, 6.07) is 4.59. The largest absolute Gasteiger partial charge is 0.504 e. The predicted molar refractivity (Wildman–Crippen MR) is 74.7 cm³/mol. The summed E-state index contributed by atoms with van der Waals surface area (Å²) in [7, 11) is 3.58. The zero-order valence-electron chi connectivity index (χ0n) is 11.0. The van der Waals surface area contributed by atoms with Gasteiger partial charge in [0.25, 0.3) is 0 Å². The number of nitrogens with one attached hydrogen (secondary N) is 2. The lowest BCUT2D eigenvalue weighted by Gasteiger charge is -2.26. The Hall–Kier alpha value is -2.44. The average Bonchev–Trinajstić information content (AvgIpc) is 2.40. The Morgan fingerprint density at radius 2 is 2.00 bits per heavy atom. The number of aromatic hydroxyl groups is 2. The summed E-state index contributed by atoms with van der Waals surface area (Å²) >= 11 is 0. The van der Waals surface area contributed by atoms with Gasteiger partial charge in [-0.1, -0.05) is 0 Å². The van der Waals surface area contributed by atoms with E-state index in [1.54, 1.807) is 18.0 Å². The average molecular weight is 263 g/mol. The van der Waals surface area contributed by atoms with Gasteiger partial charge < -0.3 is 20.4 Å². The van der Waals surface area contributed by atoms with Crippen molar-refractivity contribution in [1.82, 2.24) is 10.6 Å². The van der Waals surface area contributed by atoms with Crippen LogP contribution in [0.2, 0.25) is 0 Å². The van der Waals surface area contributed by atoms with Crippen molar-refractivity contribution in [2.45, 2.75) is 13.1 Å². The van der Waals surface area contributed by atoms with Gasteiger partial charge in [0.05, 0.1) is 0 Å². The molecule has 1 aromatic rings. The third-order valence-corrected chi connectivity index (χ3v) is 2.76. The maximum Gasteiger partial charge on any atom is 0.207 e. The standard InChI is InChI=1S/C12H17N5O2/c1-7-14-11(13-2)16-12(15-7)17(3)8-4-5-9(18)10(19)6-8/h4-7,18-19H,1-3H3,(H2,13,14,15,16). The Morgan fingerprint density at radius 3 is 2.63 bits per heavy atom. The van der Waals surface area contributed by atoms with E-state index in [0.29, 0.717) is 17.6 Å². The minimum atomic E-state index is -0.188. The third-order valence-electron chi connectivity index (χ3n) is 2.76. The number of nitrogens with zero attached hydrogens (tertiary/aromatic N) is 3. The van der Waals surface area contributed by atoms with Crippen molar-refractivity contribution in [1.29, 1.82) is 0 Å². The quantitative estimate of drug-likeness (QED) is 0.551. The summed E-state index contributed by atoms with van der Waals surface area (Å²) in [5, 5.41) is 24.8. The SMILES string of the molecule is CNC1=NC(C)N=C(N(C)c2ccc(O)c(O)c2)N1. The van der Waals surface area contributed by atoms with Crippen molar-refractivity contribution in [3.8, 4) is 11.5 Å². The van der Waals surface area contributed by atoms with E-state index >= 15 is 0 Å². The number of phenolic OH excluding ortho intramolecular Hbond substituents is 2. The van der Waals surface area contributed by atoms with Crippen molar-refractivity contribution in [2.24, 2.45) is 9.98 Å². The second kappa shape index (κ2) is 5.05. The van der Waals surface area contributed by atoms with Gasteiger partial charge in [0.1, 0.15) is 6.17 Å². The normalized spacial score (nSPS) is 18.2. The molecule has 2 rings (SSSR count). The van der Waals surface area contributed by atoms with E-state index in [2.05, 4.69) is 20.6 Å². The van der Waals surface area contributed by atoms with E-state index in [4.69, 9.17) is 0 Å². The molecule has 1 aromatic carbocycles. The van der Waals surface area contributed by atoms with E-state index in [0.717, 1.165) is 0 Å². The molecule has 1 heterocycles. The molecule has 1 aliphatic rings. The fourth-order valence-corrected chi connectivity index (χ4v) is 1.70. The minimum Gasteiger partial charge on any atom is -0.504 e.